The molecule has 0 aliphatic rings. The molecule has 4 rings (SSSR count). The molecule has 280 valence electrons. The Balaban J connectivity index is 1.38. The normalized spacial score (nSPS) is 10.7. The van der Waals surface area contributed by atoms with Crippen molar-refractivity contribution in [2.45, 2.75) is 25.7 Å². The van der Waals surface area contributed by atoms with Crippen molar-refractivity contribution in [1.82, 2.24) is 20.4 Å². The van der Waals surface area contributed by atoms with Crippen molar-refractivity contribution in [3.05, 3.63) is 101 Å². The van der Waals surface area contributed by atoms with Crippen molar-refractivity contribution >= 4 is 23.6 Å². The minimum absolute atomic E-state index is 0.0896. The van der Waals surface area contributed by atoms with Gasteiger partial charge in [0.1, 0.15) is 5.75 Å². The topological polar surface area (TPSA) is 240 Å². The van der Waals surface area contributed by atoms with Crippen molar-refractivity contribution in [1.29, 1.82) is 0 Å². The van der Waals surface area contributed by atoms with Gasteiger partial charge in [0.2, 0.25) is 0 Å². The number of benzene rings is 4. The standard InChI is InChI=1S/C38H42N4O11/c43-25-10-3-9-24(23-25)37(52)41(21-7-17-39-35(50)26-11-4-14-29(44)32(26)47)19-1-2-20-42(38(53)28-13-6-16-31(46)34(28)49)22-8-18-40-36(51)27-12-5-15-30(45)33(27)48/h3-6,9-16,23,43-49H,1-2,7-8,17-22H2,(H,39,50)(H,40,51). The van der Waals surface area contributed by atoms with E-state index in [4.69, 9.17) is 0 Å². The number of para-hydroxylation sites is 3. The van der Waals surface area contributed by atoms with Gasteiger partial charge in [-0.3, -0.25) is 19.2 Å². The highest BCUT2D eigenvalue weighted by atomic mass is 16.3. The number of carbonyl (C=O) groups is 4. The highest BCUT2D eigenvalue weighted by molar-refractivity contribution is 5.99. The average molecular weight is 731 g/mol. The maximum absolute atomic E-state index is 13.5. The molecule has 0 aliphatic carbocycles. The molecular weight excluding hydrogens is 688 g/mol. The Kier molecular flexibility index (Phi) is 13.7. The van der Waals surface area contributed by atoms with E-state index in [1.807, 2.05) is 0 Å². The number of amides is 4. The van der Waals surface area contributed by atoms with Crippen molar-refractivity contribution in [3.63, 3.8) is 0 Å². The molecule has 4 amide bonds. The number of carbonyl (C=O) groups excluding carboxylic acids is 4. The van der Waals surface area contributed by atoms with Crippen LogP contribution in [-0.4, -0.2) is 108 Å². The van der Waals surface area contributed by atoms with Crippen LogP contribution >= 0.6 is 0 Å². The van der Waals surface area contributed by atoms with Crippen LogP contribution < -0.4 is 10.6 Å². The molecule has 0 radical (unpaired) electrons. The highest BCUT2D eigenvalue weighted by Crippen LogP contribution is 2.30. The molecule has 0 spiro atoms. The first-order valence-electron chi connectivity index (χ1n) is 16.9. The zero-order valence-corrected chi connectivity index (χ0v) is 28.7. The summed E-state index contributed by atoms with van der Waals surface area (Å²) >= 11 is 0. The van der Waals surface area contributed by atoms with Crippen molar-refractivity contribution in [2.75, 3.05) is 39.3 Å². The van der Waals surface area contributed by atoms with Crippen molar-refractivity contribution in [3.8, 4) is 40.2 Å². The number of aromatic hydroxyl groups is 7. The molecule has 4 aromatic rings. The molecule has 0 saturated carbocycles. The second-order valence-electron chi connectivity index (χ2n) is 12.1. The quantitative estimate of drug-likeness (QED) is 0.0561. The molecule has 0 heterocycles. The van der Waals surface area contributed by atoms with Crippen molar-refractivity contribution in [2.24, 2.45) is 0 Å². The fourth-order valence-electron chi connectivity index (χ4n) is 5.49. The van der Waals surface area contributed by atoms with E-state index in [0.29, 0.717) is 19.3 Å². The highest BCUT2D eigenvalue weighted by Gasteiger charge is 2.22. The smallest absolute Gasteiger partial charge is 0.257 e. The van der Waals surface area contributed by atoms with Crippen LogP contribution in [0.3, 0.4) is 0 Å². The van der Waals surface area contributed by atoms with Crippen LogP contribution in [0.4, 0.5) is 0 Å². The van der Waals surface area contributed by atoms with Gasteiger partial charge in [0.05, 0.1) is 16.7 Å². The van der Waals surface area contributed by atoms with Gasteiger partial charge >= 0.3 is 0 Å². The van der Waals surface area contributed by atoms with Gasteiger partial charge in [-0.25, -0.2) is 0 Å². The first-order valence-corrected chi connectivity index (χ1v) is 16.9. The lowest BCUT2D eigenvalue weighted by atomic mass is 10.1. The number of hydrogen-bond donors (Lipinski definition) is 9. The fraction of sp³-hybridized carbons (Fsp3) is 0.263. The van der Waals surface area contributed by atoms with Gasteiger partial charge in [-0.2, -0.15) is 0 Å². The molecule has 0 aromatic heterocycles. The largest absolute Gasteiger partial charge is 0.508 e. The first-order chi connectivity index (χ1) is 25.4. The monoisotopic (exact) mass is 730 g/mol. The first kappa shape index (κ1) is 39.2. The van der Waals surface area contributed by atoms with Gasteiger partial charge in [-0.05, 0) is 80.3 Å². The molecule has 0 atom stereocenters. The molecule has 0 fully saturated rings. The second kappa shape index (κ2) is 18.6. The summed E-state index contributed by atoms with van der Waals surface area (Å²) < 4.78 is 0. The van der Waals surface area contributed by atoms with Gasteiger partial charge in [-0.1, -0.05) is 24.3 Å². The van der Waals surface area contributed by atoms with Crippen LogP contribution in [0.1, 0.15) is 67.1 Å². The predicted molar refractivity (Wildman–Crippen MR) is 192 cm³/mol. The molecule has 15 nitrogen and oxygen atoms in total. The summed E-state index contributed by atoms with van der Waals surface area (Å²) in [7, 11) is 0. The molecule has 0 unspecified atom stereocenters. The Bertz CT molecular complexity index is 1930. The molecule has 0 aliphatic heterocycles. The number of hydrogen-bond acceptors (Lipinski definition) is 11. The third-order valence-electron chi connectivity index (χ3n) is 8.32. The van der Waals surface area contributed by atoms with Crippen LogP contribution in [0.25, 0.3) is 0 Å². The fourth-order valence-corrected chi connectivity index (χ4v) is 5.49. The Morgan fingerprint density at radius 1 is 0.472 bits per heavy atom. The van der Waals surface area contributed by atoms with E-state index in [2.05, 4.69) is 10.6 Å². The van der Waals surface area contributed by atoms with E-state index in [0.717, 1.165) is 0 Å². The predicted octanol–water partition coefficient (Wildman–Crippen LogP) is 3.63. The Labute approximate surface area is 305 Å². The van der Waals surface area contributed by atoms with E-state index >= 15 is 0 Å². The zero-order chi connectivity index (χ0) is 38.5. The van der Waals surface area contributed by atoms with Gasteiger partial charge in [-0.15, -0.1) is 0 Å². The summed E-state index contributed by atoms with van der Waals surface area (Å²) in [5, 5.41) is 75.0. The lowest BCUT2D eigenvalue weighted by Gasteiger charge is -2.26. The Hall–Kier alpha value is -6.64. The van der Waals surface area contributed by atoms with E-state index < -0.39 is 52.2 Å². The number of nitrogens with one attached hydrogen (secondary N) is 2. The molecule has 53 heavy (non-hydrogen) atoms. The number of nitrogens with zero attached hydrogens (tertiary/aromatic N) is 2. The van der Waals surface area contributed by atoms with Crippen LogP contribution in [0.2, 0.25) is 0 Å². The zero-order valence-electron chi connectivity index (χ0n) is 28.7. The summed E-state index contributed by atoms with van der Waals surface area (Å²) in [6.45, 7) is 0.966. The van der Waals surface area contributed by atoms with Crippen LogP contribution in [-0.2, 0) is 0 Å². The van der Waals surface area contributed by atoms with Gasteiger partial charge in [0, 0.05) is 44.8 Å². The number of phenolic OH excluding ortho intramolecular Hbond substituents is 7. The summed E-state index contributed by atoms with van der Waals surface area (Å²) in [6.07, 6.45) is 1.40. The summed E-state index contributed by atoms with van der Waals surface area (Å²) in [5.74, 6) is -5.30. The number of unbranched alkanes of at least 4 members (excludes halogenated alkanes) is 1. The van der Waals surface area contributed by atoms with Gasteiger partial charge < -0.3 is 56.2 Å². The second-order valence-corrected chi connectivity index (χ2v) is 12.1. The van der Waals surface area contributed by atoms with E-state index in [9.17, 15) is 54.9 Å². The molecule has 0 saturated heterocycles. The third-order valence-corrected chi connectivity index (χ3v) is 8.32. The summed E-state index contributed by atoms with van der Waals surface area (Å²) in [5.41, 5.74) is -0.101. The lowest BCUT2D eigenvalue weighted by molar-refractivity contribution is 0.0716. The minimum Gasteiger partial charge on any atom is -0.508 e. The van der Waals surface area contributed by atoms with Crippen molar-refractivity contribution < 1.29 is 54.9 Å². The summed E-state index contributed by atoms with van der Waals surface area (Å²) in [4.78, 5) is 55.1. The minimum atomic E-state index is -0.629. The van der Waals surface area contributed by atoms with Gasteiger partial charge in [0.25, 0.3) is 23.6 Å². The maximum Gasteiger partial charge on any atom is 0.257 e. The van der Waals surface area contributed by atoms with Gasteiger partial charge in [0.15, 0.2) is 34.5 Å². The molecule has 4 aromatic carbocycles. The van der Waals surface area contributed by atoms with Crippen LogP contribution in [0.5, 0.6) is 40.2 Å². The van der Waals surface area contributed by atoms with Crippen LogP contribution in [0.15, 0.2) is 78.9 Å². The average Bonchev–Trinajstić information content (AvgIpc) is 3.14. The lowest BCUT2D eigenvalue weighted by Crippen LogP contribution is -2.37. The Morgan fingerprint density at radius 2 is 0.868 bits per heavy atom. The molecule has 9 N–H and O–H groups in total. The maximum atomic E-state index is 13.5. The van der Waals surface area contributed by atoms with E-state index in [1.54, 1.807) is 11.0 Å². The SMILES string of the molecule is O=C(NCCCN(CCCCN(CCCNC(=O)c1cccc(O)c1O)C(=O)c1cccc(O)c1O)C(=O)c1cccc(O)c1)c1cccc(O)c1O. The third kappa shape index (κ3) is 10.4. The Morgan fingerprint density at radius 3 is 1.34 bits per heavy atom. The molecule has 0 bridgehead atoms. The molecular formula is C38H42N4O11. The molecule has 15 heteroatoms. The van der Waals surface area contributed by atoms with E-state index in [-0.39, 0.29) is 79.6 Å². The summed E-state index contributed by atoms with van der Waals surface area (Å²) in [6, 6.07) is 17.9. The van der Waals surface area contributed by atoms with E-state index in [1.165, 1.54) is 77.7 Å². The number of phenols is 7. The van der Waals surface area contributed by atoms with Crippen LogP contribution in [0, 0.1) is 0 Å². The number of rotatable bonds is 17.